The molecule has 1 aliphatic carbocycles. The molecule has 0 radical (unpaired) electrons. The minimum Gasteiger partial charge on any atom is -0.319 e. The number of amides is 1. The largest absolute Gasteiger partial charge is 0.319 e. The van der Waals surface area contributed by atoms with Crippen LogP contribution < -0.4 is 5.32 Å². The number of anilines is 1. The highest BCUT2D eigenvalue weighted by Gasteiger charge is 2.23. The lowest BCUT2D eigenvalue weighted by molar-refractivity contribution is 0.101. The lowest BCUT2D eigenvalue weighted by Crippen LogP contribution is -2.14. The van der Waals surface area contributed by atoms with E-state index < -0.39 is 0 Å². The first-order valence-electron chi connectivity index (χ1n) is 8.64. The summed E-state index contributed by atoms with van der Waals surface area (Å²) < 4.78 is 1.62. The van der Waals surface area contributed by atoms with Gasteiger partial charge in [-0.05, 0) is 50.3 Å². The van der Waals surface area contributed by atoms with Gasteiger partial charge in [0.25, 0.3) is 5.91 Å². The number of aromatic nitrogens is 4. The summed E-state index contributed by atoms with van der Waals surface area (Å²) in [7, 11) is 0. The molecule has 1 aromatic carbocycles. The fourth-order valence-corrected chi connectivity index (χ4v) is 4.84. The van der Waals surface area contributed by atoms with Gasteiger partial charge in [-0.25, -0.2) is 14.5 Å². The maximum absolute atomic E-state index is 12.7. The van der Waals surface area contributed by atoms with Gasteiger partial charge in [0.1, 0.15) is 11.2 Å². The average Bonchev–Trinajstić information content (AvgIpc) is 3.29. The predicted molar refractivity (Wildman–Crippen MR) is 102 cm³/mol. The Bertz CT molecular complexity index is 1190. The van der Waals surface area contributed by atoms with Crippen LogP contribution in [0.25, 0.3) is 15.9 Å². The molecule has 0 saturated heterocycles. The first-order chi connectivity index (χ1) is 12.6. The Morgan fingerprint density at radius 3 is 3.00 bits per heavy atom. The zero-order valence-corrected chi connectivity index (χ0v) is 15.4. The van der Waals surface area contributed by atoms with Gasteiger partial charge in [0.15, 0.2) is 5.65 Å². The van der Waals surface area contributed by atoms with Gasteiger partial charge in [-0.1, -0.05) is 17.7 Å². The van der Waals surface area contributed by atoms with E-state index in [1.807, 2.05) is 32.0 Å². The Balaban J connectivity index is 1.57. The summed E-state index contributed by atoms with van der Waals surface area (Å²) in [6, 6.07) is 5.92. The number of nitrogens with zero attached hydrogens (tertiary/aromatic N) is 4. The van der Waals surface area contributed by atoms with Crippen molar-refractivity contribution in [2.24, 2.45) is 0 Å². The topological polar surface area (TPSA) is 72.2 Å². The number of aryl methyl sites for hydroxylation is 4. The summed E-state index contributed by atoms with van der Waals surface area (Å²) >= 11 is 1.73. The summed E-state index contributed by atoms with van der Waals surface area (Å²) in [5.41, 5.74) is 5.00. The Morgan fingerprint density at radius 2 is 2.15 bits per heavy atom. The fraction of sp³-hybridized carbons (Fsp3) is 0.263. The zero-order valence-electron chi connectivity index (χ0n) is 14.5. The molecule has 130 valence electrons. The number of nitrogens with one attached hydrogen (secondary N) is 1. The van der Waals surface area contributed by atoms with E-state index in [-0.39, 0.29) is 11.7 Å². The van der Waals surface area contributed by atoms with Crippen molar-refractivity contribution in [3.8, 4) is 0 Å². The molecule has 1 N–H and O–H groups in total. The monoisotopic (exact) mass is 363 g/mol. The van der Waals surface area contributed by atoms with Crippen LogP contribution in [0.3, 0.4) is 0 Å². The van der Waals surface area contributed by atoms with Gasteiger partial charge in [0, 0.05) is 10.6 Å². The Kier molecular flexibility index (Phi) is 3.33. The lowest BCUT2D eigenvalue weighted by Gasteiger charge is -2.07. The molecule has 0 unspecified atom stereocenters. The third-order valence-corrected chi connectivity index (χ3v) is 6.07. The minimum absolute atomic E-state index is 0.164. The van der Waals surface area contributed by atoms with Crippen molar-refractivity contribution in [1.29, 1.82) is 0 Å². The molecule has 1 amide bonds. The van der Waals surface area contributed by atoms with E-state index in [2.05, 4.69) is 20.4 Å². The smallest absolute Gasteiger partial charge is 0.295 e. The average molecular weight is 363 g/mol. The number of benzene rings is 1. The summed E-state index contributed by atoms with van der Waals surface area (Å²) in [5.74, 6) is -0.141. The molecular weight excluding hydrogens is 346 g/mol. The molecule has 0 aliphatic heterocycles. The molecule has 0 bridgehead atoms. The van der Waals surface area contributed by atoms with E-state index in [9.17, 15) is 4.79 Å². The Morgan fingerprint density at radius 1 is 1.27 bits per heavy atom. The van der Waals surface area contributed by atoms with Gasteiger partial charge in [0.05, 0.1) is 5.39 Å². The molecular formula is C19H17N5OS. The molecule has 5 rings (SSSR count). The molecule has 7 heteroatoms. The van der Waals surface area contributed by atoms with Crippen molar-refractivity contribution in [1.82, 2.24) is 19.6 Å². The van der Waals surface area contributed by atoms with Gasteiger partial charge >= 0.3 is 0 Å². The minimum atomic E-state index is -0.305. The number of hydrogen-bond acceptors (Lipinski definition) is 5. The maximum atomic E-state index is 12.7. The highest BCUT2D eigenvalue weighted by molar-refractivity contribution is 7.19. The predicted octanol–water partition coefficient (Wildman–Crippen LogP) is 3.70. The van der Waals surface area contributed by atoms with Gasteiger partial charge in [-0.3, -0.25) is 4.79 Å². The van der Waals surface area contributed by atoms with Crippen molar-refractivity contribution < 1.29 is 4.79 Å². The van der Waals surface area contributed by atoms with Crippen LogP contribution in [-0.2, 0) is 12.8 Å². The standard InChI is InChI=1S/C19H17N5OS/c1-10-6-7-13(11(2)8-10)21-18(25)16-22-17-15-12-4-3-5-14(12)26-19(15)20-9-24(17)23-16/h6-9H,3-5H2,1-2H3,(H,21,25). The van der Waals surface area contributed by atoms with Gasteiger partial charge in [-0.2, -0.15) is 0 Å². The van der Waals surface area contributed by atoms with Crippen molar-refractivity contribution >= 4 is 38.8 Å². The van der Waals surface area contributed by atoms with Gasteiger partial charge < -0.3 is 5.32 Å². The van der Waals surface area contributed by atoms with Crippen LogP contribution >= 0.6 is 11.3 Å². The second-order valence-electron chi connectivity index (χ2n) is 6.76. The Labute approximate surface area is 153 Å². The van der Waals surface area contributed by atoms with E-state index in [4.69, 9.17) is 0 Å². The van der Waals surface area contributed by atoms with Crippen molar-refractivity contribution in [2.75, 3.05) is 5.32 Å². The first-order valence-corrected chi connectivity index (χ1v) is 9.46. The maximum Gasteiger partial charge on any atom is 0.295 e. The summed E-state index contributed by atoms with van der Waals surface area (Å²) in [5, 5.41) is 8.32. The summed E-state index contributed by atoms with van der Waals surface area (Å²) in [4.78, 5) is 24.1. The van der Waals surface area contributed by atoms with Crippen LogP contribution in [0.1, 0.15) is 38.6 Å². The number of thiophene rings is 1. The second-order valence-corrected chi connectivity index (χ2v) is 7.84. The molecule has 4 aromatic rings. The molecule has 0 atom stereocenters. The van der Waals surface area contributed by atoms with Crippen LogP contribution in [0, 0.1) is 13.8 Å². The molecule has 0 saturated carbocycles. The first kappa shape index (κ1) is 15.5. The van der Waals surface area contributed by atoms with Crippen LogP contribution in [0.15, 0.2) is 24.5 Å². The highest BCUT2D eigenvalue weighted by Crippen LogP contribution is 2.37. The van der Waals surface area contributed by atoms with E-state index >= 15 is 0 Å². The number of hydrogen-bond donors (Lipinski definition) is 1. The molecule has 26 heavy (non-hydrogen) atoms. The Hall–Kier alpha value is -2.80. The molecule has 6 nitrogen and oxygen atoms in total. The normalized spacial score (nSPS) is 13.5. The van der Waals surface area contributed by atoms with Gasteiger partial charge in [-0.15, -0.1) is 16.4 Å². The SMILES string of the molecule is Cc1ccc(NC(=O)c2nc3c4c5c(sc4ncn3n2)CCC5)c(C)c1. The van der Waals surface area contributed by atoms with E-state index in [0.717, 1.165) is 45.5 Å². The van der Waals surface area contributed by atoms with Gasteiger partial charge in [0.2, 0.25) is 5.82 Å². The van der Waals surface area contributed by atoms with Crippen LogP contribution in [0.4, 0.5) is 5.69 Å². The van der Waals surface area contributed by atoms with Crippen LogP contribution in [0.5, 0.6) is 0 Å². The van der Waals surface area contributed by atoms with Crippen LogP contribution in [0.2, 0.25) is 0 Å². The van der Waals surface area contributed by atoms with Crippen molar-refractivity contribution in [3.05, 3.63) is 51.9 Å². The number of carbonyl (C=O) groups is 1. The lowest BCUT2D eigenvalue weighted by atomic mass is 10.1. The molecule has 3 aromatic heterocycles. The van der Waals surface area contributed by atoms with E-state index in [1.54, 1.807) is 22.2 Å². The molecule has 0 fully saturated rings. The van der Waals surface area contributed by atoms with E-state index in [0.29, 0.717) is 0 Å². The van der Waals surface area contributed by atoms with Crippen molar-refractivity contribution in [2.45, 2.75) is 33.1 Å². The van der Waals surface area contributed by atoms with Crippen molar-refractivity contribution in [3.63, 3.8) is 0 Å². The number of fused-ring (bicyclic) bond motifs is 5. The molecule has 0 spiro atoms. The van der Waals surface area contributed by atoms with E-state index in [1.165, 1.54) is 16.9 Å². The molecule has 3 heterocycles. The third-order valence-electron chi connectivity index (χ3n) is 4.88. The number of rotatable bonds is 2. The fourth-order valence-electron chi connectivity index (χ4n) is 3.62. The van der Waals surface area contributed by atoms with Crippen LogP contribution in [-0.4, -0.2) is 25.5 Å². The third kappa shape index (κ3) is 2.31. The summed E-state index contributed by atoms with van der Waals surface area (Å²) in [6.07, 6.45) is 4.97. The second kappa shape index (κ2) is 5.60. The zero-order chi connectivity index (χ0) is 17.8. The molecule has 1 aliphatic rings. The summed E-state index contributed by atoms with van der Waals surface area (Å²) in [6.45, 7) is 4.00. The number of carbonyl (C=O) groups excluding carboxylic acids is 1. The highest BCUT2D eigenvalue weighted by atomic mass is 32.1. The quantitative estimate of drug-likeness (QED) is 0.589.